The topological polar surface area (TPSA) is 52.6 Å². The summed E-state index contributed by atoms with van der Waals surface area (Å²) >= 11 is 3.35. The van der Waals surface area contributed by atoms with Gasteiger partial charge in [0.25, 0.3) is 0 Å². The monoisotopic (exact) mass is 322 g/mol. The third-order valence-corrected chi connectivity index (χ3v) is 3.64. The Kier molecular flexibility index (Phi) is 5.27. The van der Waals surface area contributed by atoms with Gasteiger partial charge in [0.1, 0.15) is 18.1 Å². The van der Waals surface area contributed by atoms with Crippen LogP contribution in [0.3, 0.4) is 0 Å². The molecule has 0 aliphatic heterocycles. The van der Waals surface area contributed by atoms with Crippen molar-refractivity contribution in [2.75, 3.05) is 25.7 Å². The van der Waals surface area contributed by atoms with E-state index in [0.717, 1.165) is 5.56 Å². The molecule has 0 fully saturated rings. The van der Waals surface area contributed by atoms with Gasteiger partial charge in [-0.25, -0.2) is 8.42 Å². The van der Waals surface area contributed by atoms with Crippen LogP contribution in [-0.4, -0.2) is 34.1 Å². The molecule has 4 nitrogen and oxygen atoms in total. The third kappa shape index (κ3) is 4.95. The lowest BCUT2D eigenvalue weighted by Gasteiger charge is -2.11. The maximum Gasteiger partial charge on any atom is 0.150 e. The molecular weight excluding hydrogens is 308 g/mol. The van der Waals surface area contributed by atoms with Crippen molar-refractivity contribution in [1.29, 1.82) is 0 Å². The second-order valence-electron chi connectivity index (χ2n) is 3.59. The summed E-state index contributed by atoms with van der Waals surface area (Å²) in [5, 5.41) is 0.644. The number of halogens is 1. The van der Waals surface area contributed by atoms with Crippen molar-refractivity contribution in [3.05, 3.63) is 23.8 Å². The Hall–Kier alpha value is -0.750. The maximum atomic E-state index is 11.0. The van der Waals surface area contributed by atoms with Crippen LogP contribution < -0.4 is 9.47 Å². The molecule has 0 atom stereocenters. The number of rotatable bonds is 6. The number of methoxy groups -OCH3 is 1. The summed E-state index contributed by atoms with van der Waals surface area (Å²) in [7, 11) is -1.42. The van der Waals surface area contributed by atoms with Crippen molar-refractivity contribution in [2.24, 2.45) is 0 Å². The largest absolute Gasteiger partial charge is 0.497 e. The fourth-order valence-electron chi connectivity index (χ4n) is 1.21. The molecule has 0 aliphatic rings. The van der Waals surface area contributed by atoms with Gasteiger partial charge >= 0.3 is 0 Å². The highest BCUT2D eigenvalue weighted by molar-refractivity contribution is 9.08. The van der Waals surface area contributed by atoms with E-state index in [9.17, 15) is 8.42 Å². The van der Waals surface area contributed by atoms with Crippen LogP contribution in [0.1, 0.15) is 5.56 Å². The first-order valence-corrected chi connectivity index (χ1v) is 8.18. The van der Waals surface area contributed by atoms with Crippen molar-refractivity contribution in [2.45, 2.75) is 5.33 Å². The molecule has 0 amide bonds. The Balaban J connectivity index is 2.74. The van der Waals surface area contributed by atoms with Crippen molar-refractivity contribution in [3.63, 3.8) is 0 Å². The molecule has 1 aromatic carbocycles. The van der Waals surface area contributed by atoms with Crippen LogP contribution >= 0.6 is 15.9 Å². The van der Waals surface area contributed by atoms with Gasteiger partial charge in [-0.3, -0.25) is 0 Å². The first-order chi connectivity index (χ1) is 7.96. The molecule has 0 unspecified atom stereocenters. The van der Waals surface area contributed by atoms with E-state index in [0.29, 0.717) is 16.8 Å². The van der Waals surface area contributed by atoms with Gasteiger partial charge in [0, 0.05) is 23.2 Å². The second kappa shape index (κ2) is 6.26. The summed E-state index contributed by atoms with van der Waals surface area (Å²) < 4.78 is 32.5. The van der Waals surface area contributed by atoms with Gasteiger partial charge in [-0.1, -0.05) is 22.0 Å². The highest BCUT2D eigenvalue weighted by atomic mass is 79.9. The van der Waals surface area contributed by atoms with Crippen LogP contribution in [0.2, 0.25) is 0 Å². The first kappa shape index (κ1) is 14.3. The van der Waals surface area contributed by atoms with Gasteiger partial charge in [0.2, 0.25) is 0 Å². The number of benzene rings is 1. The molecule has 0 saturated heterocycles. The normalized spacial score (nSPS) is 11.2. The molecule has 0 aliphatic carbocycles. The van der Waals surface area contributed by atoms with E-state index in [4.69, 9.17) is 9.47 Å². The average molecular weight is 323 g/mol. The summed E-state index contributed by atoms with van der Waals surface area (Å²) in [4.78, 5) is 0. The summed E-state index contributed by atoms with van der Waals surface area (Å²) in [6.07, 6.45) is 1.19. The molecule has 0 bridgehead atoms. The van der Waals surface area contributed by atoms with E-state index >= 15 is 0 Å². The minimum Gasteiger partial charge on any atom is -0.497 e. The van der Waals surface area contributed by atoms with Crippen LogP contribution in [0.4, 0.5) is 0 Å². The van der Waals surface area contributed by atoms with E-state index in [1.807, 2.05) is 12.1 Å². The molecule has 96 valence electrons. The highest BCUT2D eigenvalue weighted by Gasteiger charge is 2.07. The third-order valence-electron chi connectivity index (χ3n) is 2.13. The Morgan fingerprint density at radius 3 is 2.59 bits per heavy atom. The molecule has 0 saturated carbocycles. The number of hydrogen-bond acceptors (Lipinski definition) is 4. The van der Waals surface area contributed by atoms with Gasteiger partial charge in [0.05, 0.1) is 12.9 Å². The smallest absolute Gasteiger partial charge is 0.150 e. The van der Waals surface area contributed by atoms with Gasteiger partial charge in [-0.05, 0) is 6.07 Å². The predicted molar refractivity (Wildman–Crippen MR) is 70.8 cm³/mol. The molecule has 0 aromatic heterocycles. The lowest BCUT2D eigenvalue weighted by Crippen LogP contribution is -2.12. The first-order valence-electron chi connectivity index (χ1n) is 4.99. The Morgan fingerprint density at radius 1 is 1.35 bits per heavy atom. The van der Waals surface area contributed by atoms with Crippen molar-refractivity contribution < 1.29 is 17.9 Å². The van der Waals surface area contributed by atoms with Gasteiger partial charge in [0.15, 0.2) is 9.84 Å². The minimum absolute atomic E-state index is 0.00589. The number of hydrogen-bond donors (Lipinski definition) is 0. The van der Waals surface area contributed by atoms with E-state index in [-0.39, 0.29) is 12.4 Å². The number of ether oxygens (including phenoxy) is 2. The molecule has 0 radical (unpaired) electrons. The molecule has 17 heavy (non-hydrogen) atoms. The van der Waals surface area contributed by atoms with Crippen LogP contribution in [0.15, 0.2) is 18.2 Å². The summed E-state index contributed by atoms with van der Waals surface area (Å²) in [6.45, 7) is 0.145. The number of sulfone groups is 1. The Bertz CT molecular complexity index is 470. The lowest BCUT2D eigenvalue weighted by molar-refractivity contribution is 0.334. The zero-order valence-corrected chi connectivity index (χ0v) is 12.2. The fraction of sp³-hybridized carbons (Fsp3) is 0.455. The zero-order chi connectivity index (χ0) is 12.9. The SMILES string of the molecule is COc1ccc(CBr)c(OCCS(C)(=O)=O)c1. The molecular formula is C11H15BrO4S. The van der Waals surface area contributed by atoms with Crippen molar-refractivity contribution in [3.8, 4) is 11.5 Å². The van der Waals surface area contributed by atoms with Crippen molar-refractivity contribution in [1.82, 2.24) is 0 Å². The van der Waals surface area contributed by atoms with E-state index in [2.05, 4.69) is 15.9 Å². The molecule has 1 rings (SSSR count). The number of alkyl halides is 1. The molecule has 6 heteroatoms. The molecule has 0 spiro atoms. The second-order valence-corrected chi connectivity index (χ2v) is 6.41. The summed E-state index contributed by atoms with van der Waals surface area (Å²) in [5.74, 6) is 1.33. The molecule has 0 N–H and O–H groups in total. The van der Waals surface area contributed by atoms with E-state index in [1.165, 1.54) is 6.26 Å². The maximum absolute atomic E-state index is 11.0. The van der Waals surface area contributed by atoms with Crippen LogP contribution in [0.5, 0.6) is 11.5 Å². The highest BCUT2D eigenvalue weighted by Crippen LogP contribution is 2.26. The van der Waals surface area contributed by atoms with E-state index < -0.39 is 9.84 Å². The van der Waals surface area contributed by atoms with Crippen LogP contribution in [0, 0.1) is 0 Å². The Labute approximate surface area is 110 Å². The fourth-order valence-corrected chi connectivity index (χ4v) is 2.06. The molecule has 1 aromatic rings. The predicted octanol–water partition coefficient (Wildman–Crippen LogP) is 2.01. The van der Waals surface area contributed by atoms with E-state index in [1.54, 1.807) is 13.2 Å². The average Bonchev–Trinajstić information content (AvgIpc) is 2.27. The quantitative estimate of drug-likeness (QED) is 0.752. The standard InChI is InChI=1S/C11H15BrO4S/c1-15-10-4-3-9(8-12)11(7-10)16-5-6-17(2,13)14/h3-4,7H,5-6,8H2,1-2H3. The molecule has 0 heterocycles. The lowest BCUT2D eigenvalue weighted by atomic mass is 10.2. The van der Waals surface area contributed by atoms with Gasteiger partial charge < -0.3 is 9.47 Å². The Morgan fingerprint density at radius 2 is 2.06 bits per heavy atom. The summed E-state index contributed by atoms with van der Waals surface area (Å²) in [6, 6.07) is 5.46. The summed E-state index contributed by atoms with van der Waals surface area (Å²) in [5.41, 5.74) is 0.958. The minimum atomic E-state index is -3.00. The van der Waals surface area contributed by atoms with Crippen LogP contribution in [-0.2, 0) is 15.2 Å². The van der Waals surface area contributed by atoms with Gasteiger partial charge in [-0.2, -0.15) is 0 Å². The van der Waals surface area contributed by atoms with Crippen LogP contribution in [0.25, 0.3) is 0 Å². The van der Waals surface area contributed by atoms with Gasteiger partial charge in [-0.15, -0.1) is 0 Å². The zero-order valence-electron chi connectivity index (χ0n) is 9.77. The van der Waals surface area contributed by atoms with Crippen molar-refractivity contribution >= 4 is 25.8 Å².